The molecule has 2 aromatic carbocycles. The van der Waals surface area contributed by atoms with Crippen molar-refractivity contribution in [3.63, 3.8) is 0 Å². The normalized spacial score (nSPS) is 17.2. The standard InChI is InChI=1S/C29H35N3O3Si/c1-7-8-9-24-18-23-19-25(34-3)14-15-26(23)28(32(24)27(33)16-17-36(4,5)6)21-10-12-22(13-11-21)29-30-20(2)31-35-29/h10-15,19,24,28H,7-9,18H2,1-6H3/t24-,28-/m0/s1. The van der Waals surface area contributed by atoms with E-state index in [2.05, 4.69) is 72.4 Å². The maximum atomic E-state index is 13.7. The minimum atomic E-state index is -1.71. The lowest BCUT2D eigenvalue weighted by Gasteiger charge is -2.43. The van der Waals surface area contributed by atoms with Gasteiger partial charge >= 0.3 is 0 Å². The largest absolute Gasteiger partial charge is 0.497 e. The first-order chi connectivity index (χ1) is 17.2. The Hall–Kier alpha value is -3.37. The van der Waals surface area contributed by atoms with Gasteiger partial charge in [-0.3, -0.25) is 4.79 Å². The van der Waals surface area contributed by atoms with Crippen molar-refractivity contribution in [2.75, 3.05) is 7.11 Å². The minimum Gasteiger partial charge on any atom is -0.497 e. The highest BCUT2D eigenvalue weighted by Gasteiger charge is 2.38. The quantitative estimate of drug-likeness (QED) is 0.308. The van der Waals surface area contributed by atoms with Crippen LogP contribution in [0.2, 0.25) is 19.6 Å². The van der Waals surface area contributed by atoms with Crippen LogP contribution < -0.4 is 4.74 Å². The molecule has 4 rings (SSSR count). The molecule has 0 N–H and O–H groups in total. The average Bonchev–Trinajstić information content (AvgIpc) is 3.30. The number of fused-ring (bicyclic) bond motifs is 1. The molecule has 0 saturated carbocycles. The number of hydrogen-bond donors (Lipinski definition) is 0. The van der Waals surface area contributed by atoms with E-state index < -0.39 is 8.07 Å². The van der Waals surface area contributed by atoms with Crippen LogP contribution in [0, 0.1) is 18.4 Å². The second-order valence-corrected chi connectivity index (χ2v) is 15.2. The number of ether oxygens (including phenoxy) is 1. The van der Waals surface area contributed by atoms with Crippen LogP contribution >= 0.6 is 0 Å². The molecule has 0 saturated heterocycles. The van der Waals surface area contributed by atoms with Gasteiger partial charge in [0.25, 0.3) is 11.8 Å². The Labute approximate surface area is 215 Å². The van der Waals surface area contributed by atoms with Crippen molar-refractivity contribution in [1.29, 1.82) is 0 Å². The van der Waals surface area contributed by atoms with Crippen LogP contribution in [0.15, 0.2) is 47.0 Å². The molecule has 0 bridgehead atoms. The van der Waals surface area contributed by atoms with Crippen LogP contribution in [-0.2, 0) is 11.2 Å². The summed E-state index contributed by atoms with van der Waals surface area (Å²) in [7, 11) is -0.0169. The number of rotatable bonds is 6. The van der Waals surface area contributed by atoms with E-state index in [0.29, 0.717) is 11.7 Å². The minimum absolute atomic E-state index is 0.0660. The van der Waals surface area contributed by atoms with E-state index in [4.69, 9.17) is 9.26 Å². The molecular weight excluding hydrogens is 466 g/mol. The third-order valence-corrected chi connectivity index (χ3v) is 7.32. The molecule has 2 atom stereocenters. The van der Waals surface area contributed by atoms with Gasteiger partial charge in [0.2, 0.25) is 0 Å². The van der Waals surface area contributed by atoms with Gasteiger partial charge < -0.3 is 14.2 Å². The maximum Gasteiger partial charge on any atom is 0.298 e. The van der Waals surface area contributed by atoms with E-state index in [1.807, 2.05) is 23.1 Å². The van der Waals surface area contributed by atoms with Crippen LogP contribution in [0.3, 0.4) is 0 Å². The predicted octanol–water partition coefficient (Wildman–Crippen LogP) is 5.97. The fourth-order valence-electron chi connectivity index (χ4n) is 4.70. The number of benzene rings is 2. The molecule has 7 heteroatoms. The molecule has 1 aliphatic heterocycles. The molecule has 6 nitrogen and oxygen atoms in total. The second-order valence-electron chi connectivity index (χ2n) is 10.4. The summed E-state index contributed by atoms with van der Waals surface area (Å²) >= 11 is 0. The predicted molar refractivity (Wildman–Crippen MR) is 144 cm³/mol. The fraction of sp³-hybridized carbons (Fsp3) is 0.414. The summed E-state index contributed by atoms with van der Waals surface area (Å²) < 4.78 is 10.9. The highest BCUT2D eigenvalue weighted by atomic mass is 28.3. The van der Waals surface area contributed by atoms with Gasteiger partial charge in [0.15, 0.2) is 5.82 Å². The van der Waals surface area contributed by atoms with Gasteiger partial charge in [0, 0.05) is 11.6 Å². The molecule has 36 heavy (non-hydrogen) atoms. The summed E-state index contributed by atoms with van der Waals surface area (Å²) in [5, 5.41) is 3.90. The lowest BCUT2D eigenvalue weighted by Crippen LogP contribution is -2.47. The third-order valence-electron chi connectivity index (χ3n) is 6.44. The van der Waals surface area contributed by atoms with Crippen LogP contribution in [0.5, 0.6) is 5.75 Å². The Morgan fingerprint density at radius 2 is 1.94 bits per heavy atom. The molecule has 2 heterocycles. The highest BCUT2D eigenvalue weighted by molar-refractivity contribution is 6.84. The maximum absolute atomic E-state index is 13.7. The zero-order chi connectivity index (χ0) is 25.9. The van der Waals surface area contributed by atoms with Crippen LogP contribution in [0.25, 0.3) is 11.5 Å². The van der Waals surface area contributed by atoms with Gasteiger partial charge in [-0.15, -0.1) is 5.54 Å². The first kappa shape index (κ1) is 25.7. The van der Waals surface area contributed by atoms with Crippen LogP contribution in [0.4, 0.5) is 0 Å². The third kappa shape index (κ3) is 5.71. The molecule has 1 amide bonds. The SMILES string of the molecule is CCCC[C@H]1Cc2cc(OC)ccc2[C@H](c2ccc(-c3nc(C)no3)cc2)N1C(=O)C#C[Si](C)(C)C. The average molecular weight is 502 g/mol. The van der Waals surface area contributed by atoms with E-state index in [1.165, 1.54) is 5.56 Å². The molecule has 1 aromatic heterocycles. The summed E-state index contributed by atoms with van der Waals surface area (Å²) in [6.07, 6.45) is 3.86. The van der Waals surface area contributed by atoms with Crippen molar-refractivity contribution in [3.8, 4) is 28.7 Å². The Balaban J connectivity index is 1.82. The molecular formula is C29H35N3O3Si. The van der Waals surface area contributed by atoms with E-state index in [0.717, 1.165) is 48.1 Å². The first-order valence-electron chi connectivity index (χ1n) is 12.6. The molecule has 0 radical (unpaired) electrons. The zero-order valence-electron chi connectivity index (χ0n) is 22.1. The van der Waals surface area contributed by atoms with Gasteiger partial charge in [-0.05, 0) is 66.6 Å². The topological polar surface area (TPSA) is 68.5 Å². The number of nitrogens with zero attached hydrogens (tertiary/aromatic N) is 3. The molecule has 0 unspecified atom stereocenters. The monoisotopic (exact) mass is 501 g/mol. The fourth-order valence-corrected chi connectivity index (χ4v) is 5.18. The smallest absolute Gasteiger partial charge is 0.298 e. The van der Waals surface area contributed by atoms with E-state index in [9.17, 15) is 4.79 Å². The molecule has 1 aliphatic rings. The van der Waals surface area contributed by atoms with Crippen molar-refractivity contribution < 1.29 is 14.1 Å². The van der Waals surface area contributed by atoms with Gasteiger partial charge in [-0.1, -0.05) is 62.8 Å². The van der Waals surface area contributed by atoms with Crippen molar-refractivity contribution in [1.82, 2.24) is 15.0 Å². The Morgan fingerprint density at radius 1 is 1.19 bits per heavy atom. The molecule has 3 aromatic rings. The summed E-state index contributed by atoms with van der Waals surface area (Å²) in [5.74, 6) is 4.86. The van der Waals surface area contributed by atoms with Crippen LogP contribution in [-0.4, -0.2) is 42.2 Å². The lowest BCUT2D eigenvalue weighted by atomic mass is 9.82. The van der Waals surface area contributed by atoms with Crippen molar-refractivity contribution in [2.24, 2.45) is 0 Å². The summed E-state index contributed by atoms with van der Waals surface area (Å²) in [6.45, 7) is 10.5. The second kappa shape index (κ2) is 10.7. The van der Waals surface area contributed by atoms with Crippen LogP contribution in [0.1, 0.15) is 54.7 Å². The number of amides is 1. The molecule has 0 aliphatic carbocycles. The molecule has 0 spiro atoms. The van der Waals surface area contributed by atoms with E-state index in [1.54, 1.807) is 14.0 Å². The number of hydrogen-bond acceptors (Lipinski definition) is 5. The van der Waals surface area contributed by atoms with Gasteiger partial charge in [0.1, 0.15) is 13.8 Å². The highest BCUT2D eigenvalue weighted by Crippen LogP contribution is 2.41. The number of unbranched alkanes of at least 4 members (excludes halogenated alkanes) is 1. The number of methoxy groups -OCH3 is 1. The summed E-state index contributed by atoms with van der Waals surface area (Å²) in [6, 6.07) is 14.1. The summed E-state index contributed by atoms with van der Waals surface area (Å²) in [5.41, 5.74) is 7.52. The Bertz CT molecular complexity index is 1280. The van der Waals surface area contributed by atoms with Crippen molar-refractivity contribution in [3.05, 3.63) is 65.0 Å². The Morgan fingerprint density at radius 3 is 2.56 bits per heavy atom. The summed E-state index contributed by atoms with van der Waals surface area (Å²) in [4.78, 5) is 20.1. The van der Waals surface area contributed by atoms with Gasteiger partial charge in [-0.2, -0.15) is 4.98 Å². The van der Waals surface area contributed by atoms with E-state index in [-0.39, 0.29) is 18.0 Å². The number of aromatic nitrogens is 2. The zero-order valence-corrected chi connectivity index (χ0v) is 23.1. The number of carbonyl (C=O) groups is 1. The van der Waals surface area contributed by atoms with Crippen molar-refractivity contribution >= 4 is 14.0 Å². The van der Waals surface area contributed by atoms with E-state index >= 15 is 0 Å². The van der Waals surface area contributed by atoms with Gasteiger partial charge in [-0.25, -0.2) is 0 Å². The molecule has 0 fully saturated rings. The first-order valence-corrected chi connectivity index (χ1v) is 16.1. The van der Waals surface area contributed by atoms with Crippen molar-refractivity contribution in [2.45, 2.75) is 71.3 Å². The number of aryl methyl sites for hydroxylation is 1. The lowest BCUT2D eigenvalue weighted by molar-refractivity contribution is -0.130. The van der Waals surface area contributed by atoms with Gasteiger partial charge in [0.05, 0.1) is 13.2 Å². The molecule has 188 valence electrons. The number of carbonyl (C=O) groups excluding carboxylic acids is 1. The Kier molecular flexibility index (Phi) is 7.65.